The van der Waals surface area contributed by atoms with Gasteiger partial charge in [0.1, 0.15) is 5.69 Å². The number of benzene rings is 3. The van der Waals surface area contributed by atoms with E-state index in [9.17, 15) is 9.59 Å². The lowest BCUT2D eigenvalue weighted by Gasteiger charge is -2.32. The third-order valence-corrected chi connectivity index (χ3v) is 7.88. The van der Waals surface area contributed by atoms with Gasteiger partial charge >= 0.3 is 5.69 Å². The van der Waals surface area contributed by atoms with Crippen molar-refractivity contribution in [2.45, 2.75) is 45.6 Å². The lowest BCUT2D eigenvalue weighted by atomic mass is 9.89. The molecule has 1 aliphatic heterocycles. The summed E-state index contributed by atoms with van der Waals surface area (Å²) in [7, 11) is 0. The van der Waals surface area contributed by atoms with Crippen molar-refractivity contribution >= 4 is 11.0 Å². The van der Waals surface area contributed by atoms with Crippen molar-refractivity contribution < 1.29 is 0 Å². The van der Waals surface area contributed by atoms with Crippen molar-refractivity contribution in [3.05, 3.63) is 110 Å². The fourth-order valence-electron chi connectivity index (χ4n) is 5.79. The normalized spacial score (nSPS) is 14.8. The standard InChI is InChI=1S/C33H35N5O2/c1-21(2)18-29-32(39)37-31(24-6-4-3-5-7-24)30(34-29)25-10-8-22(9-11-25)20-38-16-14-23(15-17-38)26-12-13-27-28(19-26)36-33(40)35-27/h3-13,19,21,23H,14-18,20H2,1-2H3,(H,37,39)(H2,35,36,40). The van der Waals surface area contributed by atoms with E-state index in [1.165, 1.54) is 11.1 Å². The van der Waals surface area contributed by atoms with Crippen LogP contribution in [0.2, 0.25) is 0 Å². The minimum Gasteiger partial charge on any atom is -0.319 e. The van der Waals surface area contributed by atoms with E-state index in [1.54, 1.807) is 0 Å². The Morgan fingerprint density at radius 2 is 1.57 bits per heavy atom. The van der Waals surface area contributed by atoms with E-state index in [2.05, 4.69) is 70.1 Å². The molecule has 0 amide bonds. The molecule has 3 aromatic carbocycles. The number of hydrogen-bond donors (Lipinski definition) is 3. The summed E-state index contributed by atoms with van der Waals surface area (Å²) in [5, 5.41) is 0. The summed E-state index contributed by atoms with van der Waals surface area (Å²) in [6.45, 7) is 7.18. The highest BCUT2D eigenvalue weighted by Gasteiger charge is 2.21. The van der Waals surface area contributed by atoms with Crippen LogP contribution >= 0.6 is 0 Å². The Bertz CT molecular complexity index is 1720. The summed E-state index contributed by atoms with van der Waals surface area (Å²) < 4.78 is 0. The summed E-state index contributed by atoms with van der Waals surface area (Å²) in [5.74, 6) is 0.847. The van der Waals surface area contributed by atoms with Gasteiger partial charge in [0, 0.05) is 17.7 Å². The maximum atomic E-state index is 12.8. The summed E-state index contributed by atoms with van der Waals surface area (Å²) in [6, 6.07) is 24.8. The van der Waals surface area contributed by atoms with Crippen LogP contribution in [0.5, 0.6) is 0 Å². The van der Waals surface area contributed by atoms with Crippen LogP contribution in [0.25, 0.3) is 33.5 Å². The molecule has 0 aliphatic carbocycles. The Balaban J connectivity index is 1.17. The number of H-pyrrole nitrogens is 3. The van der Waals surface area contributed by atoms with Crippen LogP contribution in [0, 0.1) is 5.92 Å². The minimum atomic E-state index is -0.156. The van der Waals surface area contributed by atoms with E-state index in [1.807, 2.05) is 36.4 Å². The lowest BCUT2D eigenvalue weighted by molar-refractivity contribution is 0.204. The largest absolute Gasteiger partial charge is 0.323 e. The zero-order valence-corrected chi connectivity index (χ0v) is 23.0. The SMILES string of the molecule is CC(C)Cc1nc(-c2ccc(CN3CCC(c4ccc5[nH]c(=O)[nH]c5c4)CC3)cc2)c(-c2ccccc2)[nH]c1=O. The average Bonchev–Trinajstić information content (AvgIpc) is 3.34. The second-order valence-electron chi connectivity index (χ2n) is 11.3. The van der Waals surface area contributed by atoms with Gasteiger partial charge in [0.05, 0.1) is 22.4 Å². The number of nitrogens with zero attached hydrogens (tertiary/aromatic N) is 2. The summed E-state index contributed by atoms with van der Waals surface area (Å²) in [5.41, 5.74) is 8.14. The highest BCUT2D eigenvalue weighted by atomic mass is 16.1. The third-order valence-electron chi connectivity index (χ3n) is 7.88. The minimum absolute atomic E-state index is 0.113. The number of imidazole rings is 1. The molecule has 2 aromatic heterocycles. The maximum absolute atomic E-state index is 12.8. The molecule has 0 bridgehead atoms. The molecular weight excluding hydrogens is 498 g/mol. The Labute approximate surface area is 233 Å². The molecule has 1 saturated heterocycles. The number of nitrogens with one attached hydrogen (secondary N) is 3. The fraction of sp³-hybridized carbons (Fsp3) is 0.303. The van der Waals surface area contributed by atoms with Gasteiger partial charge in [-0.25, -0.2) is 9.78 Å². The molecule has 1 aliphatic rings. The molecule has 0 saturated carbocycles. The molecule has 0 unspecified atom stereocenters. The number of aromatic amines is 3. The van der Waals surface area contributed by atoms with Crippen LogP contribution in [-0.4, -0.2) is 37.9 Å². The summed E-state index contributed by atoms with van der Waals surface area (Å²) in [4.78, 5) is 40.7. The van der Waals surface area contributed by atoms with Crippen molar-refractivity contribution in [2.75, 3.05) is 13.1 Å². The molecule has 3 N–H and O–H groups in total. The molecule has 3 heterocycles. The molecular formula is C33H35N5O2. The fourth-order valence-corrected chi connectivity index (χ4v) is 5.79. The van der Waals surface area contributed by atoms with Gasteiger partial charge in [-0.05, 0) is 67.4 Å². The zero-order chi connectivity index (χ0) is 27.6. The van der Waals surface area contributed by atoms with Crippen LogP contribution < -0.4 is 11.2 Å². The quantitative estimate of drug-likeness (QED) is 0.244. The third kappa shape index (κ3) is 5.56. The van der Waals surface area contributed by atoms with E-state index in [0.717, 1.165) is 66.0 Å². The molecule has 0 radical (unpaired) electrons. The van der Waals surface area contributed by atoms with Crippen molar-refractivity contribution in [1.29, 1.82) is 0 Å². The van der Waals surface area contributed by atoms with E-state index in [4.69, 9.17) is 4.98 Å². The van der Waals surface area contributed by atoms with Gasteiger partial charge in [-0.15, -0.1) is 0 Å². The monoisotopic (exact) mass is 533 g/mol. The van der Waals surface area contributed by atoms with E-state index >= 15 is 0 Å². The van der Waals surface area contributed by atoms with Gasteiger partial charge in [0.15, 0.2) is 0 Å². The molecule has 40 heavy (non-hydrogen) atoms. The van der Waals surface area contributed by atoms with Gasteiger partial charge in [0.25, 0.3) is 5.56 Å². The second kappa shape index (κ2) is 11.1. The molecule has 0 spiro atoms. The molecule has 6 rings (SSSR count). The predicted octanol–water partition coefficient (Wildman–Crippen LogP) is 5.85. The Hall–Kier alpha value is -4.23. The molecule has 7 heteroatoms. The topological polar surface area (TPSA) is 97.6 Å². The number of aromatic nitrogens is 4. The number of likely N-dealkylation sites (tertiary alicyclic amines) is 1. The zero-order valence-electron chi connectivity index (χ0n) is 23.0. The average molecular weight is 534 g/mol. The number of hydrogen-bond acceptors (Lipinski definition) is 4. The first-order valence-corrected chi connectivity index (χ1v) is 14.1. The van der Waals surface area contributed by atoms with Crippen LogP contribution in [0.3, 0.4) is 0 Å². The number of piperidine rings is 1. The molecule has 1 fully saturated rings. The summed E-state index contributed by atoms with van der Waals surface area (Å²) in [6.07, 6.45) is 2.83. The van der Waals surface area contributed by atoms with Gasteiger partial charge in [-0.3, -0.25) is 9.69 Å². The van der Waals surface area contributed by atoms with Gasteiger partial charge in [0.2, 0.25) is 0 Å². The Morgan fingerprint density at radius 1 is 0.850 bits per heavy atom. The van der Waals surface area contributed by atoms with E-state index in [0.29, 0.717) is 24.0 Å². The van der Waals surface area contributed by atoms with Crippen molar-refractivity contribution in [1.82, 2.24) is 24.8 Å². The molecule has 5 aromatic rings. The molecule has 0 atom stereocenters. The predicted molar refractivity (Wildman–Crippen MR) is 160 cm³/mol. The van der Waals surface area contributed by atoms with Crippen molar-refractivity contribution in [2.24, 2.45) is 5.92 Å². The molecule has 204 valence electrons. The first-order valence-electron chi connectivity index (χ1n) is 14.1. The smallest absolute Gasteiger partial charge is 0.319 e. The van der Waals surface area contributed by atoms with Crippen molar-refractivity contribution in [3.8, 4) is 22.5 Å². The Kier molecular flexibility index (Phi) is 7.22. The second-order valence-corrected chi connectivity index (χ2v) is 11.3. The van der Waals surface area contributed by atoms with Crippen LogP contribution in [-0.2, 0) is 13.0 Å². The van der Waals surface area contributed by atoms with Gasteiger partial charge in [-0.2, -0.15) is 0 Å². The van der Waals surface area contributed by atoms with E-state index in [-0.39, 0.29) is 11.2 Å². The van der Waals surface area contributed by atoms with Crippen LogP contribution in [0.4, 0.5) is 0 Å². The Morgan fingerprint density at radius 3 is 2.30 bits per heavy atom. The number of rotatable bonds is 7. The highest BCUT2D eigenvalue weighted by Crippen LogP contribution is 2.31. The summed E-state index contributed by atoms with van der Waals surface area (Å²) >= 11 is 0. The van der Waals surface area contributed by atoms with Crippen molar-refractivity contribution in [3.63, 3.8) is 0 Å². The van der Waals surface area contributed by atoms with Crippen LogP contribution in [0.15, 0.2) is 82.4 Å². The van der Waals surface area contributed by atoms with Gasteiger partial charge < -0.3 is 15.0 Å². The van der Waals surface area contributed by atoms with E-state index < -0.39 is 0 Å². The first-order chi connectivity index (χ1) is 19.4. The first kappa shape index (κ1) is 26.0. The highest BCUT2D eigenvalue weighted by molar-refractivity contribution is 5.78. The maximum Gasteiger partial charge on any atom is 0.323 e. The van der Waals surface area contributed by atoms with Crippen LogP contribution in [0.1, 0.15) is 49.4 Å². The number of fused-ring (bicyclic) bond motifs is 1. The lowest BCUT2D eigenvalue weighted by Crippen LogP contribution is -2.32. The molecule has 7 nitrogen and oxygen atoms in total. The van der Waals surface area contributed by atoms with Gasteiger partial charge in [-0.1, -0.05) is 74.5 Å².